The number of nitrogens with one attached hydrogen (secondary N) is 1. The summed E-state index contributed by atoms with van der Waals surface area (Å²) in [5.74, 6) is 0.125. The highest BCUT2D eigenvalue weighted by Gasteiger charge is 2.32. The molecule has 0 aliphatic carbocycles. The summed E-state index contributed by atoms with van der Waals surface area (Å²) in [6.07, 6.45) is 4.33. The van der Waals surface area contributed by atoms with Gasteiger partial charge in [0.2, 0.25) is 0 Å². The molecule has 0 radical (unpaired) electrons. The number of hydrogen-bond acceptors (Lipinski definition) is 4. The van der Waals surface area contributed by atoms with Gasteiger partial charge in [-0.3, -0.25) is 4.79 Å². The molecule has 0 bridgehead atoms. The number of unbranched alkanes of at least 4 members (excludes halogenated alkanes) is 2. The van der Waals surface area contributed by atoms with E-state index in [1.165, 1.54) is 5.56 Å². The summed E-state index contributed by atoms with van der Waals surface area (Å²) < 4.78 is 5.43. The minimum atomic E-state index is -0.0971. The third-order valence-corrected chi connectivity index (χ3v) is 4.64. The number of esters is 1. The first-order valence-corrected chi connectivity index (χ1v) is 8.81. The van der Waals surface area contributed by atoms with Gasteiger partial charge in [-0.15, -0.1) is 0 Å². The molecule has 4 nitrogen and oxygen atoms in total. The van der Waals surface area contributed by atoms with E-state index in [0.29, 0.717) is 19.1 Å². The minimum Gasteiger partial charge on any atom is -0.465 e. The van der Waals surface area contributed by atoms with Gasteiger partial charge in [0.25, 0.3) is 0 Å². The molecular formula is C18H26ClNO3. The van der Waals surface area contributed by atoms with Crippen LogP contribution in [-0.2, 0) is 16.0 Å². The van der Waals surface area contributed by atoms with Crippen LogP contribution in [0.4, 0.5) is 0 Å². The summed E-state index contributed by atoms with van der Waals surface area (Å²) >= 11 is 5.93. The summed E-state index contributed by atoms with van der Waals surface area (Å²) in [7, 11) is 0. The summed E-state index contributed by atoms with van der Waals surface area (Å²) in [5.41, 5.74) is 1.21. The van der Waals surface area contributed by atoms with Gasteiger partial charge in [-0.05, 0) is 62.3 Å². The van der Waals surface area contributed by atoms with Crippen LogP contribution in [0.2, 0.25) is 5.02 Å². The fourth-order valence-electron chi connectivity index (χ4n) is 3.03. The normalized spacial score (nSPS) is 21.1. The zero-order chi connectivity index (χ0) is 16.5. The number of aliphatic hydroxyl groups excluding tert-OH is 1. The highest BCUT2D eigenvalue weighted by Crippen LogP contribution is 2.25. The molecule has 5 heteroatoms. The Bertz CT molecular complexity index is 478. The predicted octanol–water partition coefficient (Wildman–Crippen LogP) is 2.81. The molecule has 2 atom stereocenters. The van der Waals surface area contributed by atoms with Crippen LogP contribution in [0.15, 0.2) is 24.3 Å². The third kappa shape index (κ3) is 6.13. The average molecular weight is 340 g/mol. The molecule has 2 rings (SSSR count). The average Bonchev–Trinajstić information content (AvgIpc) is 2.57. The Kier molecular flexibility index (Phi) is 7.86. The van der Waals surface area contributed by atoms with E-state index >= 15 is 0 Å². The van der Waals surface area contributed by atoms with E-state index < -0.39 is 0 Å². The van der Waals surface area contributed by atoms with Crippen molar-refractivity contribution in [3.8, 4) is 0 Å². The first-order valence-electron chi connectivity index (χ1n) is 8.43. The second-order valence-corrected chi connectivity index (χ2v) is 6.58. The fraction of sp³-hybridized carbons (Fsp3) is 0.611. The second-order valence-electron chi connectivity index (χ2n) is 6.14. The van der Waals surface area contributed by atoms with Crippen LogP contribution in [0.3, 0.4) is 0 Å². The van der Waals surface area contributed by atoms with Crippen molar-refractivity contribution >= 4 is 17.6 Å². The number of aliphatic hydroxyl groups is 1. The van der Waals surface area contributed by atoms with Gasteiger partial charge in [0.05, 0.1) is 12.5 Å². The summed E-state index contributed by atoms with van der Waals surface area (Å²) in [6, 6.07) is 7.85. The molecular weight excluding hydrogens is 314 g/mol. The van der Waals surface area contributed by atoms with Crippen LogP contribution >= 0.6 is 11.6 Å². The quantitative estimate of drug-likeness (QED) is 0.565. The zero-order valence-electron chi connectivity index (χ0n) is 13.5. The van der Waals surface area contributed by atoms with Crippen LogP contribution in [0, 0.1) is 11.8 Å². The molecule has 2 unspecified atom stereocenters. The molecule has 0 amide bonds. The minimum absolute atomic E-state index is 0.0859. The van der Waals surface area contributed by atoms with Crippen LogP contribution in [0.25, 0.3) is 0 Å². The van der Waals surface area contributed by atoms with E-state index in [0.717, 1.165) is 43.7 Å². The Balaban J connectivity index is 1.84. The Morgan fingerprint density at radius 3 is 2.78 bits per heavy atom. The molecule has 2 N–H and O–H groups in total. The van der Waals surface area contributed by atoms with Gasteiger partial charge in [0.1, 0.15) is 0 Å². The molecule has 0 aromatic heterocycles. The lowest BCUT2D eigenvalue weighted by Crippen LogP contribution is -2.42. The van der Waals surface area contributed by atoms with Crippen molar-refractivity contribution in [2.24, 2.45) is 11.8 Å². The van der Waals surface area contributed by atoms with E-state index in [1.54, 1.807) is 0 Å². The second kappa shape index (κ2) is 9.91. The Hall–Kier alpha value is -1.10. The van der Waals surface area contributed by atoms with Crippen molar-refractivity contribution in [2.75, 3.05) is 26.3 Å². The van der Waals surface area contributed by atoms with Crippen molar-refractivity contribution in [3.63, 3.8) is 0 Å². The number of benzene rings is 1. The molecule has 0 spiro atoms. The van der Waals surface area contributed by atoms with Crippen LogP contribution in [-0.4, -0.2) is 37.4 Å². The number of rotatable bonds is 8. The monoisotopic (exact) mass is 339 g/mol. The number of ether oxygens (including phenoxy) is 1. The van der Waals surface area contributed by atoms with Crippen LogP contribution in [0.1, 0.15) is 31.2 Å². The van der Waals surface area contributed by atoms with Crippen molar-refractivity contribution < 1.29 is 14.6 Å². The van der Waals surface area contributed by atoms with Crippen molar-refractivity contribution in [3.05, 3.63) is 34.9 Å². The maximum absolute atomic E-state index is 12.4. The first kappa shape index (κ1) is 18.2. The molecule has 1 aliphatic heterocycles. The van der Waals surface area contributed by atoms with Crippen molar-refractivity contribution in [2.45, 2.75) is 32.1 Å². The molecule has 1 heterocycles. The highest BCUT2D eigenvalue weighted by atomic mass is 35.5. The molecule has 1 aromatic carbocycles. The van der Waals surface area contributed by atoms with Crippen molar-refractivity contribution in [1.82, 2.24) is 5.32 Å². The van der Waals surface area contributed by atoms with Crippen LogP contribution < -0.4 is 5.32 Å². The third-order valence-electron chi connectivity index (χ3n) is 4.39. The Labute approximate surface area is 143 Å². The van der Waals surface area contributed by atoms with Gasteiger partial charge in [0, 0.05) is 18.2 Å². The number of carbonyl (C=O) groups is 1. The van der Waals surface area contributed by atoms with Gasteiger partial charge in [-0.25, -0.2) is 0 Å². The molecule has 1 saturated heterocycles. The molecule has 128 valence electrons. The molecule has 1 aliphatic rings. The smallest absolute Gasteiger partial charge is 0.310 e. The Morgan fingerprint density at radius 2 is 2.04 bits per heavy atom. The summed E-state index contributed by atoms with van der Waals surface area (Å²) in [5, 5.41) is 12.8. The predicted molar refractivity (Wildman–Crippen MR) is 91.5 cm³/mol. The lowest BCUT2D eigenvalue weighted by molar-refractivity contribution is -0.151. The lowest BCUT2D eigenvalue weighted by atomic mass is 9.82. The zero-order valence-corrected chi connectivity index (χ0v) is 14.2. The SMILES string of the molecule is O=C(OCCCCCO)C1CNCCC1Cc1ccc(Cl)cc1. The van der Waals surface area contributed by atoms with E-state index in [1.807, 2.05) is 24.3 Å². The molecule has 1 fully saturated rings. The summed E-state index contributed by atoms with van der Waals surface area (Å²) in [6.45, 7) is 2.28. The fourth-order valence-corrected chi connectivity index (χ4v) is 3.15. The van der Waals surface area contributed by atoms with Crippen molar-refractivity contribution in [1.29, 1.82) is 0 Å². The molecule has 0 saturated carbocycles. The molecule has 1 aromatic rings. The highest BCUT2D eigenvalue weighted by molar-refractivity contribution is 6.30. The summed E-state index contributed by atoms with van der Waals surface area (Å²) in [4.78, 5) is 12.4. The topological polar surface area (TPSA) is 58.6 Å². The van der Waals surface area contributed by atoms with Gasteiger partial charge < -0.3 is 15.2 Å². The van der Waals surface area contributed by atoms with E-state index in [4.69, 9.17) is 21.4 Å². The van der Waals surface area contributed by atoms with E-state index in [2.05, 4.69) is 5.32 Å². The maximum Gasteiger partial charge on any atom is 0.310 e. The van der Waals surface area contributed by atoms with Gasteiger partial charge in [-0.2, -0.15) is 0 Å². The largest absolute Gasteiger partial charge is 0.465 e. The van der Waals surface area contributed by atoms with Gasteiger partial charge >= 0.3 is 5.97 Å². The lowest BCUT2D eigenvalue weighted by Gasteiger charge is -2.30. The van der Waals surface area contributed by atoms with Gasteiger partial charge in [-0.1, -0.05) is 23.7 Å². The number of piperidine rings is 1. The first-order chi connectivity index (χ1) is 11.2. The van der Waals surface area contributed by atoms with Gasteiger partial charge in [0.15, 0.2) is 0 Å². The van der Waals surface area contributed by atoms with E-state index in [9.17, 15) is 4.79 Å². The number of carbonyl (C=O) groups excluding carboxylic acids is 1. The molecule has 23 heavy (non-hydrogen) atoms. The number of halogens is 1. The van der Waals surface area contributed by atoms with Crippen LogP contribution in [0.5, 0.6) is 0 Å². The maximum atomic E-state index is 12.4. The van der Waals surface area contributed by atoms with E-state index in [-0.39, 0.29) is 18.5 Å². The standard InChI is InChI=1S/C18H26ClNO3/c19-16-6-4-14(5-7-16)12-15-8-9-20-13-17(15)18(22)23-11-3-1-2-10-21/h4-7,15,17,20-21H,1-3,8-13H2. The Morgan fingerprint density at radius 1 is 1.26 bits per heavy atom. The number of hydrogen-bond donors (Lipinski definition) is 2.